The lowest BCUT2D eigenvalue weighted by Gasteiger charge is -2.23. The molecule has 0 aliphatic rings. The number of thiazole rings is 1. The van der Waals surface area contributed by atoms with Gasteiger partial charge in [-0.15, -0.1) is 0 Å². The lowest BCUT2D eigenvalue weighted by molar-refractivity contribution is 0.400. The SMILES string of the molecule is COc1nc(N(C)C)sc1C=C(CNC(C)(C)C)C(C)C. The highest BCUT2D eigenvalue weighted by Crippen LogP contribution is 2.33. The summed E-state index contributed by atoms with van der Waals surface area (Å²) in [5.41, 5.74) is 1.47. The number of nitrogens with one attached hydrogen (secondary N) is 1. The number of methoxy groups -OCH3 is 1. The molecule has 0 atom stereocenters. The van der Waals surface area contributed by atoms with E-state index in [1.807, 2.05) is 19.0 Å². The molecule has 1 aromatic heterocycles. The lowest BCUT2D eigenvalue weighted by Crippen LogP contribution is -2.37. The van der Waals surface area contributed by atoms with Gasteiger partial charge in [0.25, 0.3) is 0 Å². The molecule has 120 valence electrons. The first-order valence-electron chi connectivity index (χ1n) is 7.31. The quantitative estimate of drug-likeness (QED) is 0.870. The molecular formula is C16H29N3OS. The highest BCUT2D eigenvalue weighted by Gasteiger charge is 2.15. The van der Waals surface area contributed by atoms with Crippen molar-refractivity contribution in [1.82, 2.24) is 10.3 Å². The molecule has 1 aromatic rings. The zero-order valence-corrected chi connectivity index (χ0v) is 15.4. The number of aromatic nitrogens is 1. The second kappa shape index (κ2) is 7.27. The molecule has 0 saturated heterocycles. The predicted molar refractivity (Wildman–Crippen MR) is 93.6 cm³/mol. The largest absolute Gasteiger partial charge is 0.480 e. The molecule has 5 heteroatoms. The van der Waals surface area contributed by atoms with E-state index in [2.05, 4.69) is 51.0 Å². The molecule has 0 fully saturated rings. The highest BCUT2D eigenvalue weighted by atomic mass is 32.1. The van der Waals surface area contributed by atoms with Crippen LogP contribution in [0.15, 0.2) is 5.57 Å². The molecule has 1 rings (SSSR count). The fraction of sp³-hybridized carbons (Fsp3) is 0.688. The zero-order valence-electron chi connectivity index (χ0n) is 14.6. The maximum absolute atomic E-state index is 5.41. The van der Waals surface area contributed by atoms with Crippen LogP contribution in [0.3, 0.4) is 0 Å². The van der Waals surface area contributed by atoms with Gasteiger partial charge in [-0.3, -0.25) is 0 Å². The number of anilines is 1. The van der Waals surface area contributed by atoms with Crippen LogP contribution in [0, 0.1) is 5.92 Å². The van der Waals surface area contributed by atoms with Crippen molar-refractivity contribution in [2.75, 3.05) is 32.6 Å². The van der Waals surface area contributed by atoms with Crippen molar-refractivity contribution in [2.45, 2.75) is 40.2 Å². The Labute approximate surface area is 133 Å². The van der Waals surface area contributed by atoms with Gasteiger partial charge in [0.2, 0.25) is 5.88 Å². The molecule has 0 amide bonds. The Hall–Kier alpha value is -1.07. The van der Waals surface area contributed by atoms with Crippen molar-refractivity contribution in [3.63, 3.8) is 0 Å². The van der Waals surface area contributed by atoms with Gasteiger partial charge in [0, 0.05) is 26.2 Å². The van der Waals surface area contributed by atoms with Crippen molar-refractivity contribution in [3.05, 3.63) is 10.5 Å². The van der Waals surface area contributed by atoms with E-state index in [1.165, 1.54) is 5.57 Å². The van der Waals surface area contributed by atoms with E-state index in [1.54, 1.807) is 18.4 Å². The van der Waals surface area contributed by atoms with E-state index in [-0.39, 0.29) is 5.54 Å². The molecule has 0 saturated carbocycles. The Morgan fingerprint density at radius 2 is 2.00 bits per heavy atom. The van der Waals surface area contributed by atoms with E-state index < -0.39 is 0 Å². The molecule has 0 aliphatic carbocycles. The summed E-state index contributed by atoms with van der Waals surface area (Å²) in [6, 6.07) is 0. The molecule has 0 aromatic carbocycles. The van der Waals surface area contributed by atoms with Gasteiger partial charge in [0.05, 0.1) is 12.0 Å². The van der Waals surface area contributed by atoms with Crippen molar-refractivity contribution < 1.29 is 4.74 Å². The summed E-state index contributed by atoms with van der Waals surface area (Å²) in [6.07, 6.45) is 2.22. The first-order valence-corrected chi connectivity index (χ1v) is 8.13. The van der Waals surface area contributed by atoms with Gasteiger partial charge in [-0.05, 0) is 32.8 Å². The third-order valence-electron chi connectivity index (χ3n) is 3.07. The van der Waals surface area contributed by atoms with Crippen LogP contribution < -0.4 is 15.0 Å². The number of hydrogen-bond donors (Lipinski definition) is 1. The first kappa shape index (κ1) is 18.0. The molecule has 1 heterocycles. The zero-order chi connectivity index (χ0) is 16.2. The van der Waals surface area contributed by atoms with Gasteiger partial charge in [-0.1, -0.05) is 30.8 Å². The van der Waals surface area contributed by atoms with Crippen LogP contribution in [0.25, 0.3) is 6.08 Å². The Morgan fingerprint density at radius 3 is 2.43 bits per heavy atom. The summed E-state index contributed by atoms with van der Waals surface area (Å²) in [5.74, 6) is 1.19. The van der Waals surface area contributed by atoms with Crippen LogP contribution >= 0.6 is 11.3 Å². The normalized spacial score (nSPS) is 12.9. The van der Waals surface area contributed by atoms with Gasteiger partial charge < -0.3 is 15.0 Å². The van der Waals surface area contributed by atoms with Crippen LogP contribution in [0.1, 0.15) is 39.5 Å². The Kier molecular flexibility index (Phi) is 6.23. The smallest absolute Gasteiger partial charge is 0.233 e. The van der Waals surface area contributed by atoms with Crippen LogP contribution in [-0.4, -0.2) is 38.3 Å². The molecule has 21 heavy (non-hydrogen) atoms. The number of nitrogens with zero attached hydrogens (tertiary/aromatic N) is 2. The van der Waals surface area contributed by atoms with E-state index >= 15 is 0 Å². The summed E-state index contributed by atoms with van der Waals surface area (Å²) in [6.45, 7) is 11.9. The van der Waals surface area contributed by atoms with Crippen LogP contribution in [0.2, 0.25) is 0 Å². The van der Waals surface area contributed by atoms with Crippen molar-refractivity contribution in [1.29, 1.82) is 0 Å². The maximum atomic E-state index is 5.41. The Balaban J connectivity index is 3.04. The Morgan fingerprint density at radius 1 is 1.38 bits per heavy atom. The molecule has 0 unspecified atom stereocenters. The number of ether oxygens (including phenoxy) is 1. The monoisotopic (exact) mass is 311 g/mol. The molecule has 0 bridgehead atoms. The van der Waals surface area contributed by atoms with Gasteiger partial charge in [-0.25, -0.2) is 0 Å². The van der Waals surface area contributed by atoms with E-state index in [9.17, 15) is 0 Å². The topological polar surface area (TPSA) is 37.4 Å². The molecule has 0 radical (unpaired) electrons. The Bertz CT molecular complexity index is 484. The van der Waals surface area contributed by atoms with Crippen LogP contribution in [0.4, 0.5) is 5.13 Å². The van der Waals surface area contributed by atoms with Crippen molar-refractivity contribution in [3.8, 4) is 5.88 Å². The fourth-order valence-corrected chi connectivity index (χ4v) is 2.63. The van der Waals surface area contributed by atoms with Gasteiger partial charge in [0.1, 0.15) is 0 Å². The van der Waals surface area contributed by atoms with Crippen molar-refractivity contribution >= 4 is 22.5 Å². The summed E-state index contributed by atoms with van der Waals surface area (Å²) in [5, 5.41) is 4.52. The average Bonchev–Trinajstić information content (AvgIpc) is 2.76. The summed E-state index contributed by atoms with van der Waals surface area (Å²) in [7, 11) is 5.67. The number of hydrogen-bond acceptors (Lipinski definition) is 5. The van der Waals surface area contributed by atoms with Gasteiger partial charge >= 0.3 is 0 Å². The predicted octanol–water partition coefficient (Wildman–Crippen LogP) is 3.65. The molecular weight excluding hydrogens is 282 g/mol. The second-order valence-corrected chi connectivity index (χ2v) is 7.75. The minimum atomic E-state index is 0.112. The minimum Gasteiger partial charge on any atom is -0.480 e. The first-order chi connectivity index (χ1) is 9.64. The third-order valence-corrected chi connectivity index (χ3v) is 4.22. The number of rotatable bonds is 6. The molecule has 4 nitrogen and oxygen atoms in total. The molecule has 1 N–H and O–H groups in total. The maximum Gasteiger partial charge on any atom is 0.233 e. The standard InChI is InChI=1S/C16H29N3OS/c1-11(2)12(10-17-16(3,4)5)9-13-14(20-8)18-15(21-13)19(6)7/h9,11,17H,10H2,1-8H3. The fourth-order valence-electron chi connectivity index (χ4n) is 1.69. The van der Waals surface area contributed by atoms with Crippen LogP contribution in [-0.2, 0) is 0 Å². The van der Waals surface area contributed by atoms with E-state index in [0.29, 0.717) is 11.8 Å². The summed E-state index contributed by atoms with van der Waals surface area (Å²) < 4.78 is 5.41. The second-order valence-electron chi connectivity index (χ2n) is 6.74. The molecule has 0 aliphatic heterocycles. The summed E-state index contributed by atoms with van der Waals surface area (Å²) in [4.78, 5) is 7.60. The van der Waals surface area contributed by atoms with E-state index in [0.717, 1.165) is 16.6 Å². The highest BCUT2D eigenvalue weighted by molar-refractivity contribution is 7.16. The van der Waals surface area contributed by atoms with Gasteiger partial charge in [-0.2, -0.15) is 4.98 Å². The minimum absolute atomic E-state index is 0.112. The van der Waals surface area contributed by atoms with Gasteiger partial charge in [0.15, 0.2) is 5.13 Å². The lowest BCUT2D eigenvalue weighted by atomic mass is 10.0. The van der Waals surface area contributed by atoms with E-state index in [4.69, 9.17) is 4.74 Å². The van der Waals surface area contributed by atoms with Crippen molar-refractivity contribution in [2.24, 2.45) is 5.92 Å². The summed E-state index contributed by atoms with van der Waals surface area (Å²) >= 11 is 1.66. The third kappa shape index (κ3) is 5.67. The molecule has 0 spiro atoms. The average molecular weight is 311 g/mol. The van der Waals surface area contributed by atoms with Crippen LogP contribution in [0.5, 0.6) is 5.88 Å².